The van der Waals surface area contributed by atoms with E-state index in [1.54, 1.807) is 23.1 Å². The second kappa shape index (κ2) is 5.94. The largest absolute Gasteiger partial charge is 0.309 e. The van der Waals surface area contributed by atoms with E-state index in [1.165, 1.54) is 0 Å². The van der Waals surface area contributed by atoms with Crippen molar-refractivity contribution < 1.29 is 0 Å². The summed E-state index contributed by atoms with van der Waals surface area (Å²) in [6.45, 7) is 4.00. The van der Waals surface area contributed by atoms with E-state index in [0.29, 0.717) is 5.75 Å². The quantitative estimate of drug-likeness (QED) is 0.672. The number of aromatic nitrogens is 2. The zero-order valence-corrected chi connectivity index (χ0v) is 14.8. The maximum Gasteiger partial charge on any atom is 0.259 e. The van der Waals surface area contributed by atoms with Gasteiger partial charge in [0.1, 0.15) is 10.7 Å². The van der Waals surface area contributed by atoms with E-state index >= 15 is 0 Å². The number of rotatable bonds is 3. The van der Waals surface area contributed by atoms with Crippen LogP contribution in [0.25, 0.3) is 10.2 Å². The molecule has 3 aromatic rings. The molecule has 0 unspecified atom stereocenters. The Morgan fingerprint density at radius 1 is 1.33 bits per heavy atom. The molecule has 1 N–H and O–H groups in total. The third-order valence-electron chi connectivity index (χ3n) is 3.29. The molecule has 0 aliphatic rings. The molecule has 3 nitrogen and oxygen atoms in total. The number of thiophene rings is 1. The maximum atomic E-state index is 12.2. The molecule has 6 heteroatoms. The first-order chi connectivity index (χ1) is 10.1. The first-order valence-electron chi connectivity index (χ1n) is 6.42. The fourth-order valence-electron chi connectivity index (χ4n) is 2.08. The fourth-order valence-corrected chi connectivity index (χ4v) is 4.56. The van der Waals surface area contributed by atoms with Crippen molar-refractivity contribution in [2.75, 3.05) is 0 Å². The topological polar surface area (TPSA) is 45.8 Å². The Labute approximate surface area is 138 Å². The molecule has 21 heavy (non-hydrogen) atoms. The standard InChI is InChI=1S/C15H13BrN2OS2/c1-8-9(2)21-15-13(8)14(19)17-12(18-15)7-20-11-6-4-3-5-10(11)16/h3-6H,7H2,1-2H3,(H,17,18,19). The van der Waals surface area contributed by atoms with Gasteiger partial charge in [-0.2, -0.15) is 0 Å². The van der Waals surface area contributed by atoms with Gasteiger partial charge in [-0.1, -0.05) is 12.1 Å². The van der Waals surface area contributed by atoms with E-state index in [4.69, 9.17) is 0 Å². The third kappa shape index (κ3) is 2.93. The number of thioether (sulfide) groups is 1. The molecule has 3 rings (SSSR count). The van der Waals surface area contributed by atoms with Crippen molar-refractivity contribution in [3.63, 3.8) is 0 Å². The Balaban J connectivity index is 1.92. The minimum absolute atomic E-state index is 0.0374. The number of hydrogen-bond donors (Lipinski definition) is 1. The van der Waals surface area contributed by atoms with Crippen LogP contribution in [-0.4, -0.2) is 9.97 Å². The minimum atomic E-state index is -0.0374. The number of H-pyrrole nitrogens is 1. The average molecular weight is 381 g/mol. The fraction of sp³-hybridized carbons (Fsp3) is 0.200. The number of benzene rings is 1. The first-order valence-corrected chi connectivity index (χ1v) is 9.02. The Kier molecular flexibility index (Phi) is 4.19. The van der Waals surface area contributed by atoms with Crippen molar-refractivity contribution in [3.8, 4) is 0 Å². The summed E-state index contributed by atoms with van der Waals surface area (Å²) in [5.74, 6) is 1.36. The van der Waals surface area contributed by atoms with E-state index in [1.807, 2.05) is 38.1 Å². The van der Waals surface area contributed by atoms with Gasteiger partial charge in [0.05, 0.1) is 11.1 Å². The lowest BCUT2D eigenvalue weighted by Gasteiger charge is -2.04. The van der Waals surface area contributed by atoms with Crippen molar-refractivity contribution in [3.05, 3.63) is 55.4 Å². The van der Waals surface area contributed by atoms with Crippen molar-refractivity contribution in [1.82, 2.24) is 9.97 Å². The Bertz CT molecular complexity index is 870. The normalized spacial score (nSPS) is 11.2. The van der Waals surface area contributed by atoms with Crippen molar-refractivity contribution >= 4 is 49.2 Å². The molecule has 0 bridgehead atoms. The molecule has 0 amide bonds. The lowest BCUT2D eigenvalue weighted by atomic mass is 10.2. The summed E-state index contributed by atoms with van der Waals surface area (Å²) in [5.41, 5.74) is 0.998. The molecule has 0 saturated carbocycles. The van der Waals surface area contributed by atoms with E-state index in [-0.39, 0.29) is 5.56 Å². The summed E-state index contributed by atoms with van der Waals surface area (Å²) in [6, 6.07) is 8.04. The van der Waals surface area contributed by atoms with Gasteiger partial charge in [-0.25, -0.2) is 4.98 Å². The molecule has 2 heterocycles. The molecule has 1 aromatic carbocycles. The lowest BCUT2D eigenvalue weighted by Crippen LogP contribution is -2.10. The van der Waals surface area contributed by atoms with Crippen LogP contribution in [0.15, 0.2) is 38.4 Å². The van der Waals surface area contributed by atoms with Gasteiger partial charge in [-0.05, 0) is 47.5 Å². The van der Waals surface area contributed by atoms with E-state index < -0.39 is 0 Å². The monoisotopic (exact) mass is 380 g/mol. The van der Waals surface area contributed by atoms with E-state index in [9.17, 15) is 4.79 Å². The SMILES string of the molecule is Cc1sc2nc(CSc3ccccc3Br)[nH]c(=O)c2c1C. The first kappa shape index (κ1) is 14.8. The summed E-state index contributed by atoms with van der Waals surface area (Å²) in [7, 11) is 0. The smallest absolute Gasteiger partial charge is 0.259 e. The van der Waals surface area contributed by atoms with Crippen molar-refractivity contribution in [2.45, 2.75) is 24.5 Å². The van der Waals surface area contributed by atoms with Gasteiger partial charge in [0.15, 0.2) is 0 Å². The van der Waals surface area contributed by atoms with Crippen LogP contribution >= 0.6 is 39.0 Å². The van der Waals surface area contributed by atoms with E-state index in [0.717, 1.165) is 35.8 Å². The molecule has 0 aliphatic heterocycles. The molecule has 2 aromatic heterocycles. The molecule has 0 spiro atoms. The molecule has 0 atom stereocenters. The average Bonchev–Trinajstić information content (AvgIpc) is 2.73. The lowest BCUT2D eigenvalue weighted by molar-refractivity contribution is 1.04. The zero-order chi connectivity index (χ0) is 15.0. The minimum Gasteiger partial charge on any atom is -0.309 e. The Morgan fingerprint density at radius 3 is 2.86 bits per heavy atom. The highest BCUT2D eigenvalue weighted by Gasteiger charge is 2.12. The highest BCUT2D eigenvalue weighted by molar-refractivity contribution is 9.10. The number of nitrogens with one attached hydrogen (secondary N) is 1. The number of halogens is 1. The van der Waals surface area contributed by atoms with Crippen molar-refractivity contribution in [1.29, 1.82) is 0 Å². The number of aryl methyl sites for hydroxylation is 2. The number of hydrogen-bond acceptors (Lipinski definition) is 4. The van der Waals surface area contributed by atoms with Crippen LogP contribution in [0.2, 0.25) is 0 Å². The van der Waals surface area contributed by atoms with Crippen LogP contribution in [0, 0.1) is 13.8 Å². The zero-order valence-electron chi connectivity index (χ0n) is 11.6. The second-order valence-corrected chi connectivity index (χ2v) is 7.77. The van der Waals surface area contributed by atoms with E-state index in [2.05, 4.69) is 25.9 Å². The Morgan fingerprint density at radius 2 is 2.10 bits per heavy atom. The predicted molar refractivity (Wildman–Crippen MR) is 93.4 cm³/mol. The van der Waals surface area contributed by atoms with Gasteiger partial charge in [0, 0.05) is 14.2 Å². The molecule has 108 valence electrons. The third-order valence-corrected chi connectivity index (χ3v) is 6.43. The highest BCUT2D eigenvalue weighted by atomic mass is 79.9. The van der Waals surface area contributed by atoms with Crippen LogP contribution in [0.3, 0.4) is 0 Å². The molecule has 0 radical (unpaired) electrons. The summed E-state index contributed by atoms with van der Waals surface area (Å²) >= 11 is 6.76. The summed E-state index contributed by atoms with van der Waals surface area (Å²) < 4.78 is 1.06. The summed E-state index contributed by atoms with van der Waals surface area (Å²) in [4.78, 5) is 22.8. The van der Waals surface area contributed by atoms with Gasteiger partial charge in [-0.15, -0.1) is 23.1 Å². The van der Waals surface area contributed by atoms with Crippen molar-refractivity contribution in [2.24, 2.45) is 0 Å². The molecular weight excluding hydrogens is 368 g/mol. The van der Waals surface area contributed by atoms with Crippen LogP contribution < -0.4 is 5.56 Å². The van der Waals surface area contributed by atoms with Gasteiger partial charge in [-0.3, -0.25) is 4.79 Å². The van der Waals surface area contributed by atoms with Crippen LogP contribution in [0.5, 0.6) is 0 Å². The molecule has 0 saturated heterocycles. The predicted octanol–water partition coefficient (Wildman–Crippen LogP) is 4.66. The Hall–Kier alpha value is -1.11. The van der Waals surface area contributed by atoms with Crippen LogP contribution in [-0.2, 0) is 5.75 Å². The van der Waals surface area contributed by atoms with Gasteiger partial charge in [0.25, 0.3) is 5.56 Å². The highest BCUT2D eigenvalue weighted by Crippen LogP contribution is 2.30. The molecule has 0 fully saturated rings. The molecule has 0 aliphatic carbocycles. The van der Waals surface area contributed by atoms with Crippen LogP contribution in [0.1, 0.15) is 16.3 Å². The van der Waals surface area contributed by atoms with Gasteiger partial charge >= 0.3 is 0 Å². The molecular formula is C15H13BrN2OS2. The number of nitrogens with zero attached hydrogens (tertiary/aromatic N) is 1. The van der Waals surface area contributed by atoms with Gasteiger partial charge < -0.3 is 4.98 Å². The second-order valence-electron chi connectivity index (χ2n) is 4.70. The van der Waals surface area contributed by atoms with Gasteiger partial charge in [0.2, 0.25) is 0 Å². The summed E-state index contributed by atoms with van der Waals surface area (Å²) in [5, 5.41) is 0.729. The number of fused-ring (bicyclic) bond motifs is 1. The summed E-state index contributed by atoms with van der Waals surface area (Å²) in [6.07, 6.45) is 0. The van der Waals surface area contributed by atoms with Crippen LogP contribution in [0.4, 0.5) is 0 Å². The maximum absolute atomic E-state index is 12.2. The number of aromatic amines is 1.